The first-order chi connectivity index (χ1) is 11.8. The van der Waals surface area contributed by atoms with E-state index >= 15 is 0 Å². The van der Waals surface area contributed by atoms with Crippen LogP contribution in [-0.2, 0) is 4.79 Å². The molecule has 1 aromatic rings. The van der Waals surface area contributed by atoms with Gasteiger partial charge in [0.05, 0.1) is 12.7 Å². The van der Waals surface area contributed by atoms with Crippen LogP contribution in [0, 0.1) is 18.3 Å². The molecule has 1 amide bonds. The number of nitrogens with zero attached hydrogens (tertiary/aromatic N) is 1. The van der Waals surface area contributed by atoms with Gasteiger partial charge < -0.3 is 14.7 Å². The number of methoxy groups -OCH3 is 1. The second kappa shape index (κ2) is 5.73. The van der Waals surface area contributed by atoms with E-state index in [0.29, 0.717) is 24.2 Å². The van der Waals surface area contributed by atoms with Gasteiger partial charge in [0.1, 0.15) is 5.75 Å². The minimum atomic E-state index is -0.620. The smallest absolute Gasteiger partial charge is 0.225 e. The van der Waals surface area contributed by atoms with Crippen molar-refractivity contribution in [1.29, 1.82) is 0 Å². The molecule has 136 valence electrons. The van der Waals surface area contributed by atoms with Crippen molar-refractivity contribution in [2.45, 2.75) is 57.5 Å². The van der Waals surface area contributed by atoms with Gasteiger partial charge in [0, 0.05) is 24.4 Å². The number of hydrogen-bond donors (Lipinski definition) is 1. The summed E-state index contributed by atoms with van der Waals surface area (Å²) in [6, 6.07) is 6.35. The van der Waals surface area contributed by atoms with Crippen molar-refractivity contribution in [2.24, 2.45) is 11.3 Å². The number of likely N-dealkylation sites (tertiary alicyclic amines) is 1. The summed E-state index contributed by atoms with van der Waals surface area (Å²) in [5.74, 6) is 1.86. The van der Waals surface area contributed by atoms with Crippen molar-refractivity contribution in [3.8, 4) is 5.75 Å². The van der Waals surface area contributed by atoms with Crippen molar-refractivity contribution >= 4 is 5.91 Å². The van der Waals surface area contributed by atoms with E-state index in [1.807, 2.05) is 17.9 Å². The van der Waals surface area contributed by atoms with Crippen LogP contribution in [0.25, 0.3) is 0 Å². The highest BCUT2D eigenvalue weighted by molar-refractivity contribution is 5.81. The van der Waals surface area contributed by atoms with E-state index in [9.17, 15) is 9.90 Å². The third-order valence-electron chi connectivity index (χ3n) is 6.77. The fourth-order valence-electron chi connectivity index (χ4n) is 5.41. The molecule has 0 aromatic heterocycles. The maximum Gasteiger partial charge on any atom is 0.225 e. The van der Waals surface area contributed by atoms with Gasteiger partial charge in [0.2, 0.25) is 5.91 Å². The Morgan fingerprint density at radius 3 is 2.64 bits per heavy atom. The first-order valence-corrected chi connectivity index (χ1v) is 9.47. The van der Waals surface area contributed by atoms with Gasteiger partial charge in [-0.2, -0.15) is 0 Å². The zero-order valence-electron chi connectivity index (χ0n) is 15.5. The quantitative estimate of drug-likeness (QED) is 0.916. The molecule has 0 bridgehead atoms. The summed E-state index contributed by atoms with van der Waals surface area (Å²) in [4.78, 5) is 14.6. The molecule has 2 aliphatic carbocycles. The van der Waals surface area contributed by atoms with Crippen molar-refractivity contribution in [2.75, 3.05) is 20.2 Å². The van der Waals surface area contributed by atoms with E-state index < -0.39 is 5.60 Å². The Labute approximate surface area is 150 Å². The predicted molar refractivity (Wildman–Crippen MR) is 96.7 cm³/mol. The highest BCUT2D eigenvalue weighted by Crippen LogP contribution is 2.53. The molecular weight excluding hydrogens is 314 g/mol. The Balaban J connectivity index is 1.37. The largest absolute Gasteiger partial charge is 0.496 e. The molecule has 0 unspecified atom stereocenters. The molecule has 25 heavy (non-hydrogen) atoms. The van der Waals surface area contributed by atoms with Crippen LogP contribution in [0.2, 0.25) is 0 Å². The van der Waals surface area contributed by atoms with Crippen LogP contribution in [0.15, 0.2) is 18.2 Å². The molecule has 1 atom stereocenters. The zero-order chi connectivity index (χ0) is 17.8. The molecule has 1 saturated heterocycles. The monoisotopic (exact) mass is 343 g/mol. The summed E-state index contributed by atoms with van der Waals surface area (Å²) in [5, 5.41) is 9.86. The van der Waals surface area contributed by atoms with Gasteiger partial charge in [0.25, 0.3) is 0 Å². The average molecular weight is 343 g/mol. The van der Waals surface area contributed by atoms with Gasteiger partial charge in [-0.3, -0.25) is 4.79 Å². The summed E-state index contributed by atoms with van der Waals surface area (Å²) in [6.45, 7) is 5.79. The Bertz CT molecular complexity index is 682. The van der Waals surface area contributed by atoms with E-state index in [2.05, 4.69) is 19.1 Å². The Morgan fingerprint density at radius 2 is 2.00 bits per heavy atom. The molecule has 4 rings (SSSR count). The summed E-state index contributed by atoms with van der Waals surface area (Å²) >= 11 is 0. The van der Waals surface area contributed by atoms with E-state index in [-0.39, 0.29) is 11.8 Å². The fraction of sp³-hybridized carbons (Fsp3) is 0.667. The summed E-state index contributed by atoms with van der Waals surface area (Å²) in [7, 11) is 1.73. The van der Waals surface area contributed by atoms with Crippen LogP contribution in [-0.4, -0.2) is 41.7 Å². The first-order valence-electron chi connectivity index (χ1n) is 9.47. The highest BCUT2D eigenvalue weighted by atomic mass is 16.5. The van der Waals surface area contributed by atoms with Crippen LogP contribution in [0.4, 0.5) is 0 Å². The van der Waals surface area contributed by atoms with Crippen LogP contribution < -0.4 is 4.74 Å². The molecule has 1 aliphatic heterocycles. The zero-order valence-corrected chi connectivity index (χ0v) is 15.5. The number of benzene rings is 1. The lowest BCUT2D eigenvalue weighted by atomic mass is 9.69. The topological polar surface area (TPSA) is 49.8 Å². The van der Waals surface area contributed by atoms with Crippen LogP contribution in [0.3, 0.4) is 0 Å². The second-order valence-corrected chi connectivity index (χ2v) is 8.91. The lowest BCUT2D eigenvalue weighted by Gasteiger charge is -2.52. The van der Waals surface area contributed by atoms with E-state index in [0.717, 1.165) is 18.8 Å². The number of amides is 1. The minimum Gasteiger partial charge on any atom is -0.496 e. The first kappa shape index (κ1) is 16.9. The van der Waals surface area contributed by atoms with Crippen molar-refractivity contribution in [3.63, 3.8) is 0 Å². The summed E-state index contributed by atoms with van der Waals surface area (Å²) in [5.41, 5.74) is 2.37. The summed E-state index contributed by atoms with van der Waals surface area (Å²) < 4.78 is 5.47. The normalized spacial score (nSPS) is 33.0. The standard InChI is InChI=1S/C21H29NO3/c1-14-17(5-4-6-18(14)25-3)15-7-8-21(11-15)12-22(13-21)19(23)16-9-20(2,24)10-16/h4-6,15-16,24H,7-13H2,1-3H3/t15-,16?,20?/m1/s1. The van der Waals surface area contributed by atoms with Gasteiger partial charge in [-0.25, -0.2) is 0 Å². The molecule has 1 spiro atoms. The summed E-state index contributed by atoms with van der Waals surface area (Å²) in [6.07, 6.45) is 4.84. The predicted octanol–water partition coefficient (Wildman–Crippen LogP) is 3.26. The van der Waals surface area contributed by atoms with Gasteiger partial charge in [0.15, 0.2) is 0 Å². The van der Waals surface area contributed by atoms with Crippen LogP contribution in [0.5, 0.6) is 5.75 Å². The van der Waals surface area contributed by atoms with Gasteiger partial charge >= 0.3 is 0 Å². The highest BCUT2D eigenvalue weighted by Gasteiger charge is 2.53. The van der Waals surface area contributed by atoms with E-state index in [1.165, 1.54) is 30.4 Å². The molecule has 1 heterocycles. The average Bonchev–Trinajstić information content (AvgIpc) is 2.96. The minimum absolute atomic E-state index is 0.0465. The number of aliphatic hydroxyl groups is 1. The molecule has 4 heteroatoms. The van der Waals surface area contributed by atoms with Crippen molar-refractivity contribution in [1.82, 2.24) is 4.90 Å². The van der Waals surface area contributed by atoms with Gasteiger partial charge in [-0.1, -0.05) is 12.1 Å². The molecule has 2 saturated carbocycles. The third kappa shape index (κ3) is 2.84. The lowest BCUT2D eigenvalue weighted by molar-refractivity contribution is -0.161. The Hall–Kier alpha value is -1.55. The molecule has 1 N–H and O–H groups in total. The van der Waals surface area contributed by atoms with Gasteiger partial charge in [-0.05, 0) is 69.1 Å². The van der Waals surface area contributed by atoms with E-state index in [1.54, 1.807) is 7.11 Å². The van der Waals surface area contributed by atoms with Crippen LogP contribution >= 0.6 is 0 Å². The molecule has 3 aliphatic rings. The van der Waals surface area contributed by atoms with E-state index in [4.69, 9.17) is 4.74 Å². The molecule has 3 fully saturated rings. The number of hydrogen-bond acceptors (Lipinski definition) is 3. The lowest BCUT2D eigenvalue weighted by Crippen LogP contribution is -2.61. The second-order valence-electron chi connectivity index (χ2n) is 8.91. The van der Waals surface area contributed by atoms with Gasteiger partial charge in [-0.15, -0.1) is 0 Å². The number of carbonyl (C=O) groups is 1. The molecule has 1 aromatic carbocycles. The van der Waals surface area contributed by atoms with Crippen molar-refractivity contribution in [3.05, 3.63) is 29.3 Å². The number of carbonyl (C=O) groups excluding carboxylic acids is 1. The number of ether oxygens (including phenoxy) is 1. The molecular formula is C21H29NO3. The molecule has 0 radical (unpaired) electrons. The Kier molecular flexibility index (Phi) is 3.87. The Morgan fingerprint density at radius 1 is 1.28 bits per heavy atom. The van der Waals surface area contributed by atoms with Crippen molar-refractivity contribution < 1.29 is 14.6 Å². The third-order valence-corrected chi connectivity index (χ3v) is 6.77. The van der Waals surface area contributed by atoms with Crippen LogP contribution in [0.1, 0.15) is 56.1 Å². The fourth-order valence-corrected chi connectivity index (χ4v) is 5.41. The number of rotatable bonds is 3. The SMILES string of the molecule is COc1cccc([C@@H]2CCC3(C2)CN(C(=O)C2CC(C)(O)C2)C3)c1C. The molecule has 4 nitrogen and oxygen atoms in total. The maximum atomic E-state index is 12.5. The maximum absolute atomic E-state index is 12.5.